The first-order chi connectivity index (χ1) is 13.5. The lowest BCUT2D eigenvalue weighted by molar-refractivity contribution is 0.101. The van der Waals surface area contributed by atoms with Crippen molar-refractivity contribution in [2.24, 2.45) is 0 Å². The number of rotatable bonds is 6. The van der Waals surface area contributed by atoms with Crippen LogP contribution in [0.25, 0.3) is 0 Å². The number of hydrogen-bond donors (Lipinski definition) is 2. The molecule has 0 heterocycles. The Labute approximate surface area is 162 Å². The second kappa shape index (κ2) is 8.26. The third-order valence-electron chi connectivity index (χ3n) is 4.15. The fraction of sp³-hybridized carbons (Fsp3) is 0.0909. The predicted molar refractivity (Wildman–Crippen MR) is 105 cm³/mol. The third kappa shape index (κ3) is 3.96. The fourth-order valence-electron chi connectivity index (χ4n) is 2.78. The Morgan fingerprint density at radius 2 is 1.46 bits per heavy atom. The summed E-state index contributed by atoms with van der Waals surface area (Å²) < 4.78 is 10.7. The van der Waals surface area contributed by atoms with Crippen molar-refractivity contribution in [3.05, 3.63) is 83.4 Å². The normalized spacial score (nSPS) is 10.2. The van der Waals surface area contributed by atoms with Gasteiger partial charge in [-0.3, -0.25) is 9.59 Å². The molecule has 6 heteroatoms. The molecule has 6 nitrogen and oxygen atoms in total. The Morgan fingerprint density at radius 1 is 0.821 bits per heavy atom. The van der Waals surface area contributed by atoms with E-state index in [1.807, 2.05) is 6.07 Å². The highest BCUT2D eigenvalue weighted by Crippen LogP contribution is 2.31. The quantitative estimate of drug-likeness (QED) is 0.637. The summed E-state index contributed by atoms with van der Waals surface area (Å²) in [4.78, 5) is 25.6. The van der Waals surface area contributed by atoms with Gasteiger partial charge in [-0.15, -0.1) is 0 Å². The van der Waals surface area contributed by atoms with E-state index in [0.717, 1.165) is 0 Å². The number of methoxy groups -OCH3 is 2. The summed E-state index contributed by atoms with van der Waals surface area (Å²) in [7, 11) is 2.85. The van der Waals surface area contributed by atoms with Gasteiger partial charge in [0.2, 0.25) is 0 Å². The zero-order chi connectivity index (χ0) is 20.1. The van der Waals surface area contributed by atoms with Crippen molar-refractivity contribution in [3.8, 4) is 17.2 Å². The highest BCUT2D eigenvalue weighted by molar-refractivity contribution is 6.13. The van der Waals surface area contributed by atoms with E-state index >= 15 is 0 Å². The number of phenols is 1. The number of carbonyl (C=O) groups is 2. The van der Waals surface area contributed by atoms with Crippen LogP contribution in [-0.4, -0.2) is 31.0 Å². The van der Waals surface area contributed by atoms with Crippen molar-refractivity contribution >= 4 is 17.4 Å². The molecule has 0 radical (unpaired) electrons. The smallest absolute Gasteiger partial charge is 0.259 e. The van der Waals surface area contributed by atoms with Crippen molar-refractivity contribution in [2.45, 2.75) is 0 Å². The van der Waals surface area contributed by atoms with Crippen molar-refractivity contribution in [2.75, 3.05) is 19.5 Å². The van der Waals surface area contributed by atoms with Gasteiger partial charge in [-0.2, -0.15) is 0 Å². The van der Waals surface area contributed by atoms with Gasteiger partial charge in [0.1, 0.15) is 17.2 Å². The van der Waals surface area contributed by atoms with Crippen LogP contribution in [0.3, 0.4) is 0 Å². The number of ether oxygens (including phenoxy) is 2. The molecular weight excluding hydrogens is 358 g/mol. The lowest BCUT2D eigenvalue weighted by Crippen LogP contribution is -2.15. The molecule has 0 aliphatic rings. The number of ketones is 1. The summed E-state index contributed by atoms with van der Waals surface area (Å²) in [5.41, 5.74) is 1.42. The van der Waals surface area contributed by atoms with Gasteiger partial charge in [-0.05, 0) is 24.3 Å². The Hall–Kier alpha value is -3.80. The minimum Gasteiger partial charge on any atom is -0.508 e. The first-order valence-electron chi connectivity index (χ1n) is 8.49. The molecule has 2 N–H and O–H groups in total. The van der Waals surface area contributed by atoms with Crippen LogP contribution in [0.1, 0.15) is 26.3 Å². The maximum absolute atomic E-state index is 12.8. The maximum Gasteiger partial charge on any atom is 0.259 e. The molecule has 28 heavy (non-hydrogen) atoms. The number of anilines is 1. The second-order valence-electron chi connectivity index (χ2n) is 5.95. The van der Waals surface area contributed by atoms with Gasteiger partial charge in [0.15, 0.2) is 5.78 Å². The Bertz CT molecular complexity index is 1010. The molecule has 0 spiro atoms. The first kappa shape index (κ1) is 19.0. The van der Waals surface area contributed by atoms with Crippen molar-refractivity contribution in [1.82, 2.24) is 0 Å². The van der Waals surface area contributed by atoms with E-state index in [1.54, 1.807) is 36.4 Å². The number of aromatic hydroxyl groups is 1. The summed E-state index contributed by atoms with van der Waals surface area (Å²) in [6.07, 6.45) is 0. The molecule has 0 aliphatic heterocycles. The first-order valence-corrected chi connectivity index (χ1v) is 8.49. The molecule has 0 aromatic heterocycles. The molecule has 0 unspecified atom stereocenters. The molecule has 0 fully saturated rings. The van der Waals surface area contributed by atoms with E-state index < -0.39 is 5.91 Å². The monoisotopic (exact) mass is 377 g/mol. The van der Waals surface area contributed by atoms with Crippen LogP contribution in [0.15, 0.2) is 66.7 Å². The molecule has 3 rings (SSSR count). The zero-order valence-electron chi connectivity index (χ0n) is 15.4. The molecule has 0 atom stereocenters. The predicted octanol–water partition coefficient (Wildman–Crippen LogP) is 3.89. The molecule has 0 bridgehead atoms. The molecule has 142 valence electrons. The molecule has 0 aliphatic carbocycles. The second-order valence-corrected chi connectivity index (χ2v) is 5.95. The number of amides is 1. The van der Waals surface area contributed by atoms with Gasteiger partial charge in [-0.1, -0.05) is 36.4 Å². The van der Waals surface area contributed by atoms with Crippen LogP contribution in [-0.2, 0) is 0 Å². The third-order valence-corrected chi connectivity index (χ3v) is 4.15. The summed E-state index contributed by atoms with van der Waals surface area (Å²) in [5, 5.41) is 12.2. The van der Waals surface area contributed by atoms with Gasteiger partial charge in [0, 0.05) is 17.3 Å². The molecular formula is C22H19NO5. The van der Waals surface area contributed by atoms with Crippen LogP contribution < -0.4 is 14.8 Å². The molecule has 3 aromatic carbocycles. The average molecular weight is 377 g/mol. The number of phenolic OH excluding ortho intramolecular Hbond substituents is 1. The molecule has 0 saturated carbocycles. The van der Waals surface area contributed by atoms with Crippen LogP contribution in [0.2, 0.25) is 0 Å². The highest BCUT2D eigenvalue weighted by Gasteiger charge is 2.21. The van der Waals surface area contributed by atoms with E-state index in [1.165, 1.54) is 38.5 Å². The number of hydrogen-bond acceptors (Lipinski definition) is 5. The average Bonchev–Trinajstić information content (AvgIpc) is 2.72. The van der Waals surface area contributed by atoms with Crippen LogP contribution in [0, 0.1) is 0 Å². The number of nitrogens with one attached hydrogen (secondary N) is 1. The van der Waals surface area contributed by atoms with E-state index in [0.29, 0.717) is 16.8 Å². The van der Waals surface area contributed by atoms with Gasteiger partial charge < -0.3 is 19.9 Å². The topological polar surface area (TPSA) is 84.9 Å². The zero-order valence-corrected chi connectivity index (χ0v) is 15.4. The maximum atomic E-state index is 12.8. The van der Waals surface area contributed by atoms with Gasteiger partial charge >= 0.3 is 0 Å². The van der Waals surface area contributed by atoms with E-state index in [2.05, 4.69) is 5.32 Å². The largest absolute Gasteiger partial charge is 0.508 e. The van der Waals surface area contributed by atoms with Crippen LogP contribution >= 0.6 is 0 Å². The Balaban J connectivity index is 1.99. The summed E-state index contributed by atoms with van der Waals surface area (Å²) in [5.74, 6) is -0.172. The van der Waals surface area contributed by atoms with Gasteiger partial charge in [0.25, 0.3) is 5.91 Å². The molecule has 3 aromatic rings. The van der Waals surface area contributed by atoms with E-state index in [-0.39, 0.29) is 28.6 Å². The Morgan fingerprint density at radius 3 is 2.11 bits per heavy atom. The van der Waals surface area contributed by atoms with Crippen LogP contribution in [0.5, 0.6) is 17.2 Å². The van der Waals surface area contributed by atoms with E-state index in [4.69, 9.17) is 9.47 Å². The SMILES string of the molecule is COc1cc(C(=O)c2ccccc2)c(OC)cc1C(=O)Nc1cccc(O)c1. The lowest BCUT2D eigenvalue weighted by atomic mass is 9.99. The standard InChI is InChI=1S/C22H19NO5/c1-27-19-13-18(22(26)23-15-9-6-10-16(24)11-15)20(28-2)12-17(19)21(25)14-7-4-3-5-8-14/h3-13,24H,1-2H3,(H,23,26). The molecule has 0 saturated heterocycles. The van der Waals surface area contributed by atoms with E-state index in [9.17, 15) is 14.7 Å². The van der Waals surface area contributed by atoms with Crippen LogP contribution in [0.4, 0.5) is 5.69 Å². The molecule has 1 amide bonds. The minimum atomic E-state index is -0.459. The highest BCUT2D eigenvalue weighted by atomic mass is 16.5. The number of benzene rings is 3. The lowest BCUT2D eigenvalue weighted by Gasteiger charge is -2.14. The summed E-state index contributed by atoms with van der Waals surface area (Å²) in [6, 6.07) is 17.9. The van der Waals surface area contributed by atoms with Crippen molar-refractivity contribution in [3.63, 3.8) is 0 Å². The van der Waals surface area contributed by atoms with Crippen molar-refractivity contribution < 1.29 is 24.2 Å². The minimum absolute atomic E-state index is 0.0335. The summed E-state index contributed by atoms with van der Waals surface area (Å²) >= 11 is 0. The van der Waals surface area contributed by atoms with Gasteiger partial charge in [0.05, 0.1) is 25.3 Å². The summed E-state index contributed by atoms with van der Waals surface area (Å²) in [6.45, 7) is 0. The fourth-order valence-corrected chi connectivity index (χ4v) is 2.78. The Kier molecular flexibility index (Phi) is 5.60. The van der Waals surface area contributed by atoms with Gasteiger partial charge in [-0.25, -0.2) is 0 Å². The number of carbonyl (C=O) groups excluding carboxylic acids is 2. The van der Waals surface area contributed by atoms with Crippen molar-refractivity contribution in [1.29, 1.82) is 0 Å².